The van der Waals surface area contributed by atoms with E-state index in [1.807, 2.05) is 36.5 Å². The van der Waals surface area contributed by atoms with E-state index in [4.69, 9.17) is 0 Å². The molecule has 5 nitrogen and oxygen atoms in total. The van der Waals surface area contributed by atoms with Gasteiger partial charge in [0, 0.05) is 46.2 Å². The van der Waals surface area contributed by atoms with Crippen LogP contribution in [-0.4, -0.2) is 22.0 Å². The Morgan fingerprint density at radius 2 is 1.96 bits per heavy atom. The second-order valence-corrected chi connectivity index (χ2v) is 6.98. The largest absolute Gasteiger partial charge is 0.350 e. The Balaban J connectivity index is 1.52. The lowest BCUT2D eigenvalue weighted by Crippen LogP contribution is -2.28. The Morgan fingerprint density at radius 1 is 1.12 bits per heavy atom. The molecule has 0 bridgehead atoms. The van der Waals surface area contributed by atoms with Gasteiger partial charge in [-0.2, -0.15) is 0 Å². The van der Waals surface area contributed by atoms with Crippen LogP contribution in [0.15, 0.2) is 70.1 Å². The molecule has 0 atom stereocenters. The van der Waals surface area contributed by atoms with Crippen LogP contribution < -0.4 is 10.9 Å². The smallest absolute Gasteiger partial charge is 0.252 e. The van der Waals surface area contributed by atoms with Gasteiger partial charge < -0.3 is 14.9 Å². The molecule has 2 N–H and O–H groups in total. The molecule has 0 unspecified atom stereocenters. The minimum absolute atomic E-state index is 0.245. The van der Waals surface area contributed by atoms with Crippen LogP contribution in [0.4, 0.5) is 0 Å². The summed E-state index contributed by atoms with van der Waals surface area (Å²) in [6.45, 7) is 1.11. The molecule has 0 aliphatic rings. The zero-order chi connectivity index (χ0) is 18.1. The number of aromatic nitrogens is 2. The third kappa shape index (κ3) is 3.15. The maximum Gasteiger partial charge on any atom is 0.252 e. The first-order valence-electron chi connectivity index (χ1n) is 8.26. The molecule has 4 aromatic rings. The Bertz CT molecular complexity index is 1180. The number of H-pyrrole nitrogens is 1. The van der Waals surface area contributed by atoms with Crippen molar-refractivity contribution < 1.29 is 4.79 Å². The van der Waals surface area contributed by atoms with Gasteiger partial charge >= 0.3 is 0 Å². The zero-order valence-corrected chi connectivity index (χ0v) is 15.4. The highest BCUT2D eigenvalue weighted by Gasteiger charge is 2.11. The molecule has 0 spiro atoms. The third-order valence-electron chi connectivity index (χ3n) is 4.37. The molecule has 2 aromatic carbocycles. The van der Waals surface area contributed by atoms with Gasteiger partial charge in [-0.05, 0) is 29.7 Å². The average Bonchev–Trinajstić information content (AvgIpc) is 3.03. The van der Waals surface area contributed by atoms with Crippen LogP contribution in [0.25, 0.3) is 21.8 Å². The first-order chi connectivity index (χ1) is 12.6. The summed E-state index contributed by atoms with van der Waals surface area (Å²) in [7, 11) is 0. The second-order valence-electron chi connectivity index (χ2n) is 6.06. The standard InChI is InChI=1S/C20H16BrN3O2/c21-14-6-5-13-7-9-24(18(13)11-14)10-8-22-20(26)16-12-19(25)23-17-4-2-1-3-15(16)17/h1-7,9,11-12H,8,10H2,(H,22,26)(H,23,25). The molecule has 0 radical (unpaired) electrons. The number of carbonyl (C=O) groups is 1. The van der Waals surface area contributed by atoms with Gasteiger partial charge in [0.25, 0.3) is 5.91 Å². The molecule has 0 aliphatic heterocycles. The van der Waals surface area contributed by atoms with E-state index < -0.39 is 0 Å². The highest BCUT2D eigenvalue weighted by Crippen LogP contribution is 2.20. The Morgan fingerprint density at radius 3 is 2.85 bits per heavy atom. The van der Waals surface area contributed by atoms with Gasteiger partial charge in [0.05, 0.1) is 5.56 Å². The number of aromatic amines is 1. The SMILES string of the molecule is O=C(NCCn1ccc2ccc(Br)cc21)c1cc(=O)[nH]c2ccccc12. The summed E-state index contributed by atoms with van der Waals surface area (Å²) in [5.41, 5.74) is 1.88. The number of fused-ring (bicyclic) bond motifs is 2. The number of hydrogen-bond acceptors (Lipinski definition) is 2. The second kappa shape index (κ2) is 6.80. The van der Waals surface area contributed by atoms with Gasteiger partial charge in [-0.15, -0.1) is 0 Å². The lowest BCUT2D eigenvalue weighted by atomic mass is 10.1. The van der Waals surface area contributed by atoms with Crippen molar-refractivity contribution in [3.05, 3.63) is 81.2 Å². The van der Waals surface area contributed by atoms with Crippen molar-refractivity contribution in [1.29, 1.82) is 0 Å². The van der Waals surface area contributed by atoms with E-state index in [2.05, 4.69) is 42.9 Å². The molecule has 26 heavy (non-hydrogen) atoms. The van der Waals surface area contributed by atoms with Gasteiger partial charge in [0.15, 0.2) is 0 Å². The fourth-order valence-electron chi connectivity index (χ4n) is 3.13. The van der Waals surface area contributed by atoms with E-state index in [0.29, 0.717) is 24.2 Å². The minimum atomic E-state index is -0.282. The van der Waals surface area contributed by atoms with Crippen LogP contribution in [0.1, 0.15) is 10.4 Å². The first kappa shape index (κ1) is 16.6. The fraction of sp³-hybridized carbons (Fsp3) is 0.100. The maximum atomic E-state index is 12.6. The number of pyridine rings is 1. The van der Waals surface area contributed by atoms with Crippen LogP contribution in [0.3, 0.4) is 0 Å². The van der Waals surface area contributed by atoms with Crippen molar-refractivity contribution in [2.75, 3.05) is 6.54 Å². The maximum absolute atomic E-state index is 12.6. The molecule has 0 fully saturated rings. The van der Waals surface area contributed by atoms with Crippen LogP contribution >= 0.6 is 15.9 Å². The third-order valence-corrected chi connectivity index (χ3v) is 4.86. The van der Waals surface area contributed by atoms with Crippen molar-refractivity contribution >= 4 is 43.6 Å². The summed E-state index contributed by atoms with van der Waals surface area (Å²) in [5.74, 6) is -0.245. The topological polar surface area (TPSA) is 66.9 Å². The molecule has 0 saturated carbocycles. The first-order valence-corrected chi connectivity index (χ1v) is 9.06. The van der Waals surface area contributed by atoms with E-state index in [0.717, 1.165) is 20.8 Å². The highest BCUT2D eigenvalue weighted by molar-refractivity contribution is 9.10. The number of hydrogen-bond donors (Lipinski definition) is 2. The molecule has 2 aromatic heterocycles. The Labute approximate surface area is 157 Å². The van der Waals surface area contributed by atoms with Crippen LogP contribution in [-0.2, 0) is 6.54 Å². The number of rotatable bonds is 4. The van der Waals surface area contributed by atoms with Crippen molar-refractivity contribution in [3.8, 4) is 0 Å². The summed E-state index contributed by atoms with van der Waals surface area (Å²) in [6, 6.07) is 16.8. The minimum Gasteiger partial charge on any atom is -0.350 e. The van der Waals surface area contributed by atoms with Crippen LogP contribution in [0.5, 0.6) is 0 Å². The monoisotopic (exact) mass is 409 g/mol. The van der Waals surface area contributed by atoms with Gasteiger partial charge in [-0.1, -0.05) is 40.2 Å². The summed E-state index contributed by atoms with van der Waals surface area (Å²) in [6.07, 6.45) is 2.01. The number of nitrogens with one attached hydrogen (secondary N) is 2. The number of halogens is 1. The quantitative estimate of drug-likeness (QED) is 0.539. The Kier molecular flexibility index (Phi) is 4.34. The van der Waals surface area contributed by atoms with E-state index in [-0.39, 0.29) is 11.5 Å². The van der Waals surface area contributed by atoms with Crippen LogP contribution in [0.2, 0.25) is 0 Å². The molecule has 1 amide bonds. The Hall–Kier alpha value is -2.86. The average molecular weight is 410 g/mol. The zero-order valence-electron chi connectivity index (χ0n) is 13.8. The van der Waals surface area contributed by atoms with E-state index in [1.54, 1.807) is 6.07 Å². The van der Waals surface area contributed by atoms with Gasteiger partial charge in [-0.3, -0.25) is 9.59 Å². The van der Waals surface area contributed by atoms with Crippen molar-refractivity contribution in [1.82, 2.24) is 14.9 Å². The summed E-state index contributed by atoms with van der Waals surface area (Å²) >= 11 is 3.49. The normalized spacial score (nSPS) is 11.1. The van der Waals surface area contributed by atoms with Gasteiger partial charge in [0.1, 0.15) is 0 Å². The van der Waals surface area contributed by atoms with E-state index >= 15 is 0 Å². The summed E-state index contributed by atoms with van der Waals surface area (Å²) in [5, 5.41) is 4.80. The number of para-hydroxylation sites is 1. The van der Waals surface area contributed by atoms with Crippen LogP contribution in [0, 0.1) is 0 Å². The van der Waals surface area contributed by atoms with Crippen molar-refractivity contribution in [2.24, 2.45) is 0 Å². The molecule has 0 aliphatic carbocycles. The van der Waals surface area contributed by atoms with Gasteiger partial charge in [0.2, 0.25) is 5.56 Å². The number of amides is 1. The molecule has 4 rings (SSSR count). The molecular weight excluding hydrogens is 394 g/mol. The lowest BCUT2D eigenvalue weighted by Gasteiger charge is -2.09. The van der Waals surface area contributed by atoms with Gasteiger partial charge in [-0.25, -0.2) is 0 Å². The lowest BCUT2D eigenvalue weighted by molar-refractivity contribution is 0.0954. The predicted molar refractivity (Wildman–Crippen MR) is 107 cm³/mol. The predicted octanol–water partition coefficient (Wildman–Crippen LogP) is 3.68. The summed E-state index contributed by atoms with van der Waals surface area (Å²) < 4.78 is 3.11. The number of carbonyl (C=O) groups excluding carboxylic acids is 1. The summed E-state index contributed by atoms with van der Waals surface area (Å²) in [4.78, 5) is 27.1. The molecule has 6 heteroatoms. The van der Waals surface area contributed by atoms with Crippen molar-refractivity contribution in [3.63, 3.8) is 0 Å². The number of benzene rings is 2. The highest BCUT2D eigenvalue weighted by atomic mass is 79.9. The molecule has 0 saturated heterocycles. The van der Waals surface area contributed by atoms with E-state index in [9.17, 15) is 9.59 Å². The molecular formula is C20H16BrN3O2. The van der Waals surface area contributed by atoms with Crippen molar-refractivity contribution in [2.45, 2.75) is 6.54 Å². The molecule has 130 valence electrons. The van der Waals surface area contributed by atoms with E-state index in [1.165, 1.54) is 6.07 Å². The number of nitrogens with zero attached hydrogens (tertiary/aromatic N) is 1. The fourth-order valence-corrected chi connectivity index (χ4v) is 3.48. The molecule has 2 heterocycles.